The Labute approximate surface area is 221 Å². The Morgan fingerprint density at radius 2 is 1.53 bits per heavy atom. The van der Waals surface area contributed by atoms with Gasteiger partial charge in [-0.05, 0) is 74.1 Å². The van der Waals surface area contributed by atoms with Crippen molar-refractivity contribution in [1.82, 2.24) is 4.90 Å². The van der Waals surface area contributed by atoms with Gasteiger partial charge >= 0.3 is 0 Å². The fourth-order valence-corrected chi connectivity index (χ4v) is 3.77. The minimum absolute atomic E-state index is 0. The number of rotatable bonds is 13. The summed E-state index contributed by atoms with van der Waals surface area (Å²) in [5.74, 6) is -1.35. The molecule has 0 radical (unpaired) electrons. The fraction of sp³-hybridized carbons (Fsp3) is 0.519. The molecule has 0 aliphatic rings. The van der Waals surface area contributed by atoms with Crippen LogP contribution in [0.15, 0.2) is 36.4 Å². The van der Waals surface area contributed by atoms with Gasteiger partial charge in [0, 0.05) is 16.1 Å². The minimum Gasteiger partial charge on any atom is -0.493 e. The first-order chi connectivity index (χ1) is 18.6. The molecule has 0 heterocycles. The standard InChI is InChI=1S/C27H38N2O4.ClH/c1-20(2)27(19-28,22-10-12-24(31-5)26(18-22)33-7)14-8-15-29(3)16-13-21-9-11-23(30-4)25(17-21)32-6;/h9-12,17-18,20H,8,13-16H2,1-7H3;1H/i1D3,2D3,20D;. The molecule has 0 aliphatic carbocycles. The van der Waals surface area contributed by atoms with Crippen LogP contribution in [0.3, 0.4) is 0 Å². The zero-order chi connectivity index (χ0) is 30.4. The monoisotopic (exact) mass is 497 g/mol. The van der Waals surface area contributed by atoms with E-state index < -0.39 is 25.0 Å². The Kier molecular flexibility index (Phi) is 8.06. The van der Waals surface area contributed by atoms with Gasteiger partial charge in [-0.15, -0.1) is 12.4 Å². The van der Waals surface area contributed by atoms with Gasteiger partial charge in [0.05, 0.1) is 39.9 Å². The largest absolute Gasteiger partial charge is 0.493 e. The number of methoxy groups -OCH3 is 4. The van der Waals surface area contributed by atoms with E-state index in [1.807, 2.05) is 36.2 Å². The molecular formula is C27H39ClN2O4. The molecule has 1 atom stereocenters. The third kappa shape index (κ3) is 6.94. The molecule has 0 aromatic heterocycles. The van der Waals surface area contributed by atoms with Crippen molar-refractivity contribution >= 4 is 12.4 Å². The van der Waals surface area contributed by atoms with Crippen molar-refractivity contribution in [3.63, 3.8) is 0 Å². The highest BCUT2D eigenvalue weighted by Crippen LogP contribution is 2.40. The lowest BCUT2D eigenvalue weighted by molar-refractivity contribution is 0.292. The van der Waals surface area contributed by atoms with Crippen LogP contribution in [0.25, 0.3) is 0 Å². The van der Waals surface area contributed by atoms with E-state index in [9.17, 15) is 5.26 Å². The lowest BCUT2D eigenvalue weighted by Gasteiger charge is -2.32. The van der Waals surface area contributed by atoms with Crippen molar-refractivity contribution in [3.05, 3.63) is 47.5 Å². The lowest BCUT2D eigenvalue weighted by atomic mass is 9.69. The highest BCUT2D eigenvalue weighted by molar-refractivity contribution is 5.85. The summed E-state index contributed by atoms with van der Waals surface area (Å²) in [6, 6.07) is 12.0. The average molecular weight is 498 g/mol. The molecule has 1 unspecified atom stereocenters. The second-order valence-corrected chi connectivity index (χ2v) is 7.81. The topological polar surface area (TPSA) is 64.0 Å². The molecule has 0 saturated carbocycles. The highest BCUT2D eigenvalue weighted by Gasteiger charge is 2.36. The van der Waals surface area contributed by atoms with E-state index in [1.54, 1.807) is 14.2 Å². The van der Waals surface area contributed by atoms with E-state index in [4.69, 9.17) is 28.5 Å². The van der Waals surface area contributed by atoms with Crippen molar-refractivity contribution in [3.8, 4) is 29.1 Å². The van der Waals surface area contributed by atoms with Gasteiger partial charge < -0.3 is 23.8 Å². The summed E-state index contributed by atoms with van der Waals surface area (Å²) < 4.78 is 79.0. The van der Waals surface area contributed by atoms with Gasteiger partial charge in [-0.25, -0.2) is 0 Å². The van der Waals surface area contributed by atoms with Crippen LogP contribution >= 0.6 is 12.4 Å². The third-order valence-corrected chi connectivity index (χ3v) is 5.82. The molecule has 2 rings (SSSR count). The number of hydrogen-bond acceptors (Lipinski definition) is 6. The van der Waals surface area contributed by atoms with Gasteiger partial charge in [-0.2, -0.15) is 5.26 Å². The number of benzene rings is 2. The van der Waals surface area contributed by atoms with E-state index in [0.717, 1.165) is 5.56 Å². The Bertz CT molecular complexity index is 1170. The van der Waals surface area contributed by atoms with E-state index in [-0.39, 0.29) is 36.6 Å². The van der Waals surface area contributed by atoms with Gasteiger partial charge in [0.15, 0.2) is 23.0 Å². The Balaban J connectivity index is 0.00000840. The van der Waals surface area contributed by atoms with E-state index in [1.165, 1.54) is 32.4 Å². The van der Waals surface area contributed by atoms with E-state index in [0.29, 0.717) is 36.8 Å². The molecule has 7 heteroatoms. The highest BCUT2D eigenvalue weighted by atomic mass is 35.5. The first kappa shape index (κ1) is 19.7. The SMILES string of the molecule is Cl.[2H]C([2H])([2H])C([2H])(C([2H])([2H])[2H])C(C#N)(CCCN(C)CCc1ccc(OC)c(OC)c1)c1ccc(OC)c(OC)c1. The molecule has 6 nitrogen and oxygen atoms in total. The summed E-state index contributed by atoms with van der Waals surface area (Å²) in [4.78, 5) is 2.00. The van der Waals surface area contributed by atoms with Crippen molar-refractivity contribution in [2.24, 2.45) is 5.89 Å². The normalized spacial score (nSPS) is 16.6. The third-order valence-electron chi connectivity index (χ3n) is 5.82. The average Bonchev–Trinajstić information content (AvgIpc) is 2.92. The molecule has 0 amide bonds. The molecule has 188 valence electrons. The fourth-order valence-electron chi connectivity index (χ4n) is 3.77. The van der Waals surface area contributed by atoms with Gasteiger partial charge in [-0.1, -0.05) is 25.8 Å². The number of nitriles is 1. The van der Waals surface area contributed by atoms with Crippen molar-refractivity contribution < 1.29 is 28.5 Å². The van der Waals surface area contributed by atoms with Gasteiger partial charge in [0.2, 0.25) is 0 Å². The summed E-state index contributed by atoms with van der Waals surface area (Å²) in [6.45, 7) is -5.54. The molecule has 0 bridgehead atoms. The second kappa shape index (κ2) is 13.9. The predicted molar refractivity (Wildman–Crippen MR) is 139 cm³/mol. The smallest absolute Gasteiger partial charge is 0.161 e. The zero-order valence-electron chi connectivity index (χ0n) is 27.4. The number of hydrogen-bond donors (Lipinski definition) is 0. The van der Waals surface area contributed by atoms with Crippen molar-refractivity contribution in [2.45, 2.75) is 38.4 Å². The number of ether oxygens (including phenoxy) is 4. The minimum atomic E-state index is -3.31. The zero-order valence-corrected chi connectivity index (χ0v) is 21.3. The van der Waals surface area contributed by atoms with Crippen LogP contribution < -0.4 is 18.9 Å². The molecule has 0 aliphatic heterocycles. The van der Waals surface area contributed by atoms with Crippen LogP contribution in [0.1, 0.15) is 47.3 Å². The lowest BCUT2D eigenvalue weighted by Crippen LogP contribution is -2.32. The molecule has 0 spiro atoms. The number of halogens is 1. The van der Waals surface area contributed by atoms with Crippen LogP contribution in [-0.2, 0) is 11.8 Å². The number of nitrogens with zero attached hydrogens (tertiary/aromatic N) is 2. The van der Waals surface area contributed by atoms with Crippen LogP contribution in [0.2, 0.25) is 0 Å². The summed E-state index contributed by atoms with van der Waals surface area (Å²) >= 11 is 0. The first-order valence-electron chi connectivity index (χ1n) is 14.2. The van der Waals surface area contributed by atoms with Crippen molar-refractivity contribution in [2.75, 3.05) is 48.6 Å². The molecule has 34 heavy (non-hydrogen) atoms. The second-order valence-electron chi connectivity index (χ2n) is 7.81. The Morgan fingerprint density at radius 3 is 2.09 bits per heavy atom. The number of likely N-dealkylation sites (N-methyl/N-ethyl adjacent to an activating group) is 1. The van der Waals surface area contributed by atoms with E-state index >= 15 is 0 Å². The van der Waals surface area contributed by atoms with Crippen LogP contribution in [0.5, 0.6) is 23.0 Å². The molecule has 2 aromatic rings. The predicted octanol–water partition coefficient (Wildman–Crippen LogP) is 5.51. The first-order valence-corrected chi connectivity index (χ1v) is 10.7. The molecule has 0 N–H and O–H groups in total. The summed E-state index contributed by atoms with van der Waals surface area (Å²) in [7, 11) is 7.82. The summed E-state index contributed by atoms with van der Waals surface area (Å²) in [6.07, 6.45) is 0.764. The van der Waals surface area contributed by atoms with Crippen LogP contribution in [0, 0.1) is 17.2 Å². The maximum atomic E-state index is 10.5. The van der Waals surface area contributed by atoms with E-state index in [2.05, 4.69) is 0 Å². The van der Waals surface area contributed by atoms with Crippen LogP contribution in [0.4, 0.5) is 0 Å². The molecule has 0 saturated heterocycles. The van der Waals surface area contributed by atoms with Gasteiger partial charge in [0.1, 0.15) is 0 Å². The quantitative estimate of drug-likeness (QED) is 0.363. The summed E-state index contributed by atoms with van der Waals surface area (Å²) in [5.41, 5.74) is -1.12. The maximum Gasteiger partial charge on any atom is 0.161 e. The summed E-state index contributed by atoms with van der Waals surface area (Å²) in [5, 5.41) is 10.5. The van der Waals surface area contributed by atoms with Crippen molar-refractivity contribution in [1.29, 1.82) is 5.26 Å². The van der Waals surface area contributed by atoms with Gasteiger partial charge in [-0.3, -0.25) is 0 Å². The Morgan fingerprint density at radius 1 is 0.941 bits per heavy atom. The molecule has 2 aromatic carbocycles. The Hall–Kier alpha value is -2.62. The molecule has 0 fully saturated rings. The maximum absolute atomic E-state index is 10.5. The molecular weight excluding hydrogens is 452 g/mol. The van der Waals surface area contributed by atoms with Gasteiger partial charge in [0.25, 0.3) is 0 Å². The van der Waals surface area contributed by atoms with Crippen LogP contribution in [-0.4, -0.2) is 53.5 Å².